The van der Waals surface area contributed by atoms with E-state index in [4.69, 9.17) is 9.47 Å². The summed E-state index contributed by atoms with van der Waals surface area (Å²) in [6.45, 7) is 8.37. The first-order valence-electron chi connectivity index (χ1n) is 10.4. The number of amides is 1. The van der Waals surface area contributed by atoms with E-state index in [9.17, 15) is 9.59 Å². The molecule has 0 bridgehead atoms. The summed E-state index contributed by atoms with van der Waals surface area (Å²) < 4.78 is 11.1. The van der Waals surface area contributed by atoms with E-state index in [1.54, 1.807) is 20.8 Å². The lowest BCUT2D eigenvalue weighted by Gasteiger charge is -2.24. The van der Waals surface area contributed by atoms with Gasteiger partial charge in [0.05, 0.1) is 12.6 Å². The van der Waals surface area contributed by atoms with Gasteiger partial charge in [-0.15, -0.1) is 0 Å². The summed E-state index contributed by atoms with van der Waals surface area (Å²) in [7, 11) is 0. The van der Waals surface area contributed by atoms with Gasteiger partial charge in [0, 0.05) is 13.0 Å². The van der Waals surface area contributed by atoms with Crippen molar-refractivity contribution >= 4 is 11.9 Å². The minimum absolute atomic E-state index is 0.0273. The molecule has 2 unspecified atom stereocenters. The second-order valence-electron chi connectivity index (χ2n) is 8.66. The molecule has 2 aromatic carbocycles. The monoisotopic (exact) mass is 411 g/mol. The van der Waals surface area contributed by atoms with Crippen LogP contribution in [0.2, 0.25) is 0 Å². The van der Waals surface area contributed by atoms with Gasteiger partial charge in [0.1, 0.15) is 5.60 Å². The van der Waals surface area contributed by atoms with Crippen LogP contribution in [0, 0.1) is 5.92 Å². The number of benzene rings is 2. The van der Waals surface area contributed by atoms with Crippen molar-refractivity contribution in [1.29, 1.82) is 0 Å². The van der Waals surface area contributed by atoms with Crippen molar-refractivity contribution in [2.75, 3.05) is 6.61 Å². The van der Waals surface area contributed by atoms with Gasteiger partial charge in [0.2, 0.25) is 0 Å². The van der Waals surface area contributed by atoms with Gasteiger partial charge in [-0.3, -0.25) is 4.79 Å². The van der Waals surface area contributed by atoms with E-state index in [0.29, 0.717) is 26.1 Å². The van der Waals surface area contributed by atoms with Crippen molar-refractivity contribution in [3.05, 3.63) is 71.8 Å². The highest BCUT2D eigenvalue weighted by Crippen LogP contribution is 2.13. The highest BCUT2D eigenvalue weighted by atomic mass is 16.6. The maximum atomic E-state index is 13.0. The second kappa shape index (κ2) is 11.5. The molecule has 0 fully saturated rings. The molecule has 0 aromatic heterocycles. The minimum atomic E-state index is -0.640. The highest BCUT2D eigenvalue weighted by molar-refractivity contribution is 5.87. The third kappa shape index (κ3) is 9.23. The smallest absolute Gasteiger partial charge is 0.408 e. The van der Waals surface area contributed by atoms with Crippen LogP contribution >= 0.6 is 0 Å². The van der Waals surface area contributed by atoms with Crippen LogP contribution in [0.1, 0.15) is 45.2 Å². The van der Waals surface area contributed by atoms with Gasteiger partial charge in [0.25, 0.3) is 0 Å². The van der Waals surface area contributed by atoms with Gasteiger partial charge in [-0.1, -0.05) is 67.6 Å². The molecule has 162 valence electrons. The largest absolute Gasteiger partial charge is 0.444 e. The first-order chi connectivity index (χ1) is 14.2. The van der Waals surface area contributed by atoms with Crippen molar-refractivity contribution in [2.24, 2.45) is 5.92 Å². The molecule has 0 heterocycles. The Morgan fingerprint density at radius 1 is 0.933 bits per heavy atom. The zero-order valence-electron chi connectivity index (χ0n) is 18.4. The normalized spacial score (nSPS) is 13.3. The van der Waals surface area contributed by atoms with Gasteiger partial charge in [-0.05, 0) is 44.2 Å². The van der Waals surface area contributed by atoms with Crippen LogP contribution in [0.3, 0.4) is 0 Å². The number of rotatable bonds is 10. The number of ether oxygens (including phenoxy) is 2. The van der Waals surface area contributed by atoms with E-state index in [1.165, 1.54) is 0 Å². The van der Waals surface area contributed by atoms with Crippen LogP contribution in [-0.4, -0.2) is 30.1 Å². The minimum Gasteiger partial charge on any atom is -0.444 e. The topological polar surface area (TPSA) is 64.6 Å². The molecule has 5 nitrogen and oxygen atoms in total. The summed E-state index contributed by atoms with van der Waals surface area (Å²) in [4.78, 5) is 25.2. The summed E-state index contributed by atoms with van der Waals surface area (Å²) in [6.07, 6.45) is 0.170. The first kappa shape index (κ1) is 23.6. The summed E-state index contributed by atoms with van der Waals surface area (Å²) in [5.41, 5.74) is 1.47. The molecule has 2 rings (SSSR count). The maximum Gasteiger partial charge on any atom is 0.408 e. The van der Waals surface area contributed by atoms with Crippen LogP contribution in [0.5, 0.6) is 0 Å². The lowest BCUT2D eigenvalue weighted by Crippen LogP contribution is -2.45. The molecule has 0 saturated carbocycles. The van der Waals surface area contributed by atoms with Crippen LogP contribution in [0.25, 0.3) is 0 Å². The number of Topliss-reactive ketones (excluding diaryl/α,β-unsaturated/α-hetero) is 1. The maximum absolute atomic E-state index is 13.0. The number of ketones is 1. The van der Waals surface area contributed by atoms with Gasteiger partial charge in [-0.25, -0.2) is 4.79 Å². The molecule has 1 N–H and O–H groups in total. The van der Waals surface area contributed by atoms with E-state index >= 15 is 0 Å². The summed E-state index contributed by atoms with van der Waals surface area (Å²) in [5.74, 6) is 0.0143. The Hall–Kier alpha value is -2.66. The number of alkyl carbamates (subject to hydrolysis) is 1. The van der Waals surface area contributed by atoms with Crippen LogP contribution in [0.4, 0.5) is 4.79 Å². The average molecular weight is 412 g/mol. The fraction of sp³-hybridized carbons (Fsp3) is 0.440. The average Bonchev–Trinajstić information content (AvgIpc) is 2.67. The molecule has 0 aliphatic carbocycles. The molecule has 1 amide bonds. The summed E-state index contributed by atoms with van der Waals surface area (Å²) in [5, 5.41) is 2.76. The number of hydrogen-bond donors (Lipinski definition) is 1. The van der Waals surface area contributed by atoms with Gasteiger partial charge in [-0.2, -0.15) is 0 Å². The number of nitrogens with one attached hydrogen (secondary N) is 1. The van der Waals surface area contributed by atoms with Gasteiger partial charge < -0.3 is 14.8 Å². The zero-order chi connectivity index (χ0) is 22.0. The van der Waals surface area contributed by atoms with Crippen molar-refractivity contribution in [1.82, 2.24) is 5.32 Å². The van der Waals surface area contributed by atoms with Crippen LogP contribution < -0.4 is 5.32 Å². The second-order valence-corrected chi connectivity index (χ2v) is 8.66. The molecule has 2 atom stereocenters. The molecular formula is C25H33NO4. The number of carbonyl (C=O) groups excluding carboxylic acids is 2. The van der Waals surface area contributed by atoms with Crippen molar-refractivity contribution < 1.29 is 19.1 Å². The van der Waals surface area contributed by atoms with E-state index in [0.717, 1.165) is 11.1 Å². The molecule has 0 radical (unpaired) electrons. The Balaban J connectivity index is 1.92. The fourth-order valence-corrected chi connectivity index (χ4v) is 3.04. The van der Waals surface area contributed by atoms with Gasteiger partial charge in [0.15, 0.2) is 5.78 Å². The van der Waals surface area contributed by atoms with E-state index in [2.05, 4.69) is 5.32 Å². The molecule has 0 saturated heterocycles. The zero-order valence-corrected chi connectivity index (χ0v) is 18.4. The standard InChI is InChI=1S/C25H33NO4/c1-19(17-29-18-21-13-9-6-10-14-21)15-23(27)22(16-20-11-7-5-8-12-20)26-24(28)30-25(2,3)4/h5-14,19,22H,15-18H2,1-4H3,(H,26,28). The summed E-state index contributed by atoms with van der Waals surface area (Å²) in [6, 6.07) is 19.0. The first-order valence-corrected chi connectivity index (χ1v) is 10.4. The van der Waals surface area contributed by atoms with Crippen molar-refractivity contribution in [3.63, 3.8) is 0 Å². The Morgan fingerprint density at radius 2 is 1.50 bits per heavy atom. The van der Waals surface area contributed by atoms with E-state index < -0.39 is 17.7 Å². The quantitative estimate of drug-likeness (QED) is 0.602. The molecule has 5 heteroatoms. The fourth-order valence-electron chi connectivity index (χ4n) is 3.04. The third-order valence-corrected chi connectivity index (χ3v) is 4.43. The third-order valence-electron chi connectivity index (χ3n) is 4.43. The molecule has 0 aliphatic heterocycles. The van der Waals surface area contributed by atoms with Crippen LogP contribution in [-0.2, 0) is 27.3 Å². The van der Waals surface area contributed by atoms with Crippen LogP contribution in [0.15, 0.2) is 60.7 Å². The van der Waals surface area contributed by atoms with Gasteiger partial charge >= 0.3 is 6.09 Å². The highest BCUT2D eigenvalue weighted by Gasteiger charge is 2.25. The molecule has 0 aliphatic rings. The number of hydrogen-bond acceptors (Lipinski definition) is 4. The number of carbonyl (C=O) groups is 2. The predicted molar refractivity (Wildman–Crippen MR) is 118 cm³/mol. The lowest BCUT2D eigenvalue weighted by atomic mass is 9.96. The van der Waals surface area contributed by atoms with E-state index in [1.807, 2.05) is 67.6 Å². The molecule has 2 aromatic rings. The molecular weight excluding hydrogens is 378 g/mol. The Morgan fingerprint density at radius 3 is 2.07 bits per heavy atom. The summed E-state index contributed by atoms with van der Waals surface area (Å²) >= 11 is 0. The van der Waals surface area contributed by atoms with E-state index in [-0.39, 0.29) is 11.7 Å². The SMILES string of the molecule is CC(COCc1ccccc1)CC(=O)C(Cc1ccccc1)NC(=O)OC(C)(C)C. The van der Waals surface area contributed by atoms with Crippen molar-refractivity contribution in [3.8, 4) is 0 Å². The Bertz CT molecular complexity index is 784. The molecule has 30 heavy (non-hydrogen) atoms. The predicted octanol–water partition coefficient (Wildman–Crippen LogP) is 4.93. The Labute approximate surface area is 179 Å². The molecule has 0 spiro atoms. The lowest BCUT2D eigenvalue weighted by molar-refractivity contribution is -0.122. The Kier molecular flexibility index (Phi) is 9.06. The van der Waals surface area contributed by atoms with Crippen molar-refractivity contribution in [2.45, 2.75) is 58.8 Å².